The lowest BCUT2D eigenvalue weighted by Gasteiger charge is -2.28. The second-order valence-corrected chi connectivity index (χ2v) is 9.75. The van der Waals surface area contributed by atoms with E-state index in [2.05, 4.69) is 65.5 Å². The van der Waals surface area contributed by atoms with Crippen molar-refractivity contribution in [1.29, 1.82) is 0 Å². The number of pyridine rings is 1. The third-order valence-corrected chi connectivity index (χ3v) is 7.23. The predicted molar refractivity (Wildman–Crippen MR) is 135 cm³/mol. The number of carboxylic acid groups (broad SMARTS) is 1. The molecule has 174 valence electrons. The fourth-order valence-electron chi connectivity index (χ4n) is 5.12. The number of aromatic nitrogens is 3. The van der Waals surface area contributed by atoms with E-state index in [1.54, 1.807) is 0 Å². The van der Waals surface area contributed by atoms with Crippen molar-refractivity contribution in [2.75, 3.05) is 0 Å². The first-order valence-corrected chi connectivity index (χ1v) is 12.3. The van der Waals surface area contributed by atoms with Gasteiger partial charge in [-0.3, -0.25) is 9.78 Å². The van der Waals surface area contributed by atoms with Crippen molar-refractivity contribution >= 4 is 11.5 Å². The van der Waals surface area contributed by atoms with Crippen LogP contribution in [0.3, 0.4) is 0 Å². The van der Waals surface area contributed by atoms with E-state index < -0.39 is 5.97 Å². The molecular formula is C29H31N3O2. The van der Waals surface area contributed by atoms with E-state index in [9.17, 15) is 4.79 Å². The monoisotopic (exact) mass is 453 g/mol. The Morgan fingerprint density at radius 3 is 2.41 bits per heavy atom. The first-order chi connectivity index (χ1) is 16.5. The molecule has 1 unspecified atom stereocenters. The smallest absolute Gasteiger partial charge is 0.303 e. The summed E-state index contributed by atoms with van der Waals surface area (Å²) >= 11 is 0. The van der Waals surface area contributed by atoms with Crippen molar-refractivity contribution in [3.05, 3.63) is 78.3 Å². The van der Waals surface area contributed by atoms with Crippen LogP contribution < -0.4 is 0 Å². The summed E-state index contributed by atoms with van der Waals surface area (Å²) in [4.78, 5) is 23.6. The minimum atomic E-state index is -0.674. The highest BCUT2D eigenvalue weighted by atomic mass is 16.4. The van der Waals surface area contributed by atoms with Crippen LogP contribution in [-0.2, 0) is 4.79 Å². The average Bonchev–Trinajstić information content (AvgIpc) is 3.35. The van der Waals surface area contributed by atoms with Crippen molar-refractivity contribution in [3.8, 4) is 22.6 Å². The van der Waals surface area contributed by atoms with E-state index in [1.165, 1.54) is 11.1 Å². The van der Waals surface area contributed by atoms with E-state index in [-0.39, 0.29) is 0 Å². The number of rotatable bonds is 6. The van der Waals surface area contributed by atoms with Crippen LogP contribution in [0.5, 0.6) is 0 Å². The molecule has 5 nitrogen and oxygen atoms in total. The van der Waals surface area contributed by atoms with Crippen LogP contribution >= 0.6 is 0 Å². The molecule has 2 aliphatic carbocycles. The molecule has 2 aromatic heterocycles. The van der Waals surface area contributed by atoms with Gasteiger partial charge < -0.3 is 10.1 Å². The largest absolute Gasteiger partial charge is 0.481 e. The molecule has 1 atom stereocenters. The van der Waals surface area contributed by atoms with Crippen LogP contribution in [0.1, 0.15) is 62.6 Å². The lowest BCUT2D eigenvalue weighted by atomic mass is 9.77. The van der Waals surface area contributed by atoms with Gasteiger partial charge in [-0.05, 0) is 73.1 Å². The number of carbonyl (C=O) groups is 1. The van der Waals surface area contributed by atoms with Crippen molar-refractivity contribution in [2.24, 2.45) is 11.8 Å². The second-order valence-electron chi connectivity index (χ2n) is 9.75. The number of H-pyrrole nitrogens is 1. The van der Waals surface area contributed by atoms with E-state index in [0.29, 0.717) is 24.2 Å². The Hall–Kier alpha value is -3.47. The number of aromatic amines is 1. The maximum absolute atomic E-state index is 11.0. The Bertz CT molecular complexity index is 1200. The molecular weight excluding hydrogens is 422 g/mol. The number of nitrogens with one attached hydrogen (secondary N) is 1. The molecule has 34 heavy (non-hydrogen) atoms. The van der Waals surface area contributed by atoms with Gasteiger partial charge in [0.15, 0.2) is 0 Å². The highest BCUT2D eigenvalue weighted by Crippen LogP contribution is 2.37. The van der Waals surface area contributed by atoms with Crippen molar-refractivity contribution in [1.82, 2.24) is 15.0 Å². The van der Waals surface area contributed by atoms with Gasteiger partial charge in [0.1, 0.15) is 5.82 Å². The zero-order chi connectivity index (χ0) is 23.5. The van der Waals surface area contributed by atoms with Gasteiger partial charge in [0.2, 0.25) is 0 Å². The van der Waals surface area contributed by atoms with Crippen LogP contribution in [-0.4, -0.2) is 26.0 Å². The molecule has 1 aromatic carbocycles. The van der Waals surface area contributed by atoms with E-state index >= 15 is 0 Å². The molecule has 5 heteroatoms. The van der Waals surface area contributed by atoms with Crippen LogP contribution in [0.4, 0.5) is 0 Å². The number of allylic oxidation sites excluding steroid dienone is 4. The van der Waals surface area contributed by atoms with Gasteiger partial charge in [-0.1, -0.05) is 49.4 Å². The zero-order valence-corrected chi connectivity index (χ0v) is 19.6. The summed E-state index contributed by atoms with van der Waals surface area (Å²) in [5, 5.41) is 9.02. The zero-order valence-electron chi connectivity index (χ0n) is 19.6. The molecule has 1 saturated carbocycles. The number of aliphatic carboxylic acids is 1. The van der Waals surface area contributed by atoms with Crippen molar-refractivity contribution in [2.45, 2.75) is 51.4 Å². The summed E-state index contributed by atoms with van der Waals surface area (Å²) < 4.78 is 0. The average molecular weight is 454 g/mol. The quantitative estimate of drug-likeness (QED) is 0.427. The summed E-state index contributed by atoms with van der Waals surface area (Å²) in [6.45, 7) is 2.22. The molecule has 2 N–H and O–H groups in total. The number of benzene rings is 1. The highest BCUT2D eigenvalue weighted by molar-refractivity contribution is 5.74. The van der Waals surface area contributed by atoms with E-state index in [4.69, 9.17) is 10.1 Å². The van der Waals surface area contributed by atoms with Crippen LogP contribution in [0.2, 0.25) is 0 Å². The Labute approximate surface area is 200 Å². The number of imidazole rings is 1. The molecule has 0 radical (unpaired) electrons. The first-order valence-electron chi connectivity index (χ1n) is 12.3. The molecule has 3 aromatic rings. The molecule has 2 aliphatic rings. The highest BCUT2D eigenvalue weighted by Gasteiger charge is 2.24. The number of hydrogen-bond acceptors (Lipinski definition) is 3. The summed E-state index contributed by atoms with van der Waals surface area (Å²) in [7, 11) is 0. The van der Waals surface area contributed by atoms with Gasteiger partial charge in [0.05, 0.1) is 17.6 Å². The fourth-order valence-corrected chi connectivity index (χ4v) is 5.12. The summed E-state index contributed by atoms with van der Waals surface area (Å²) in [6, 6.07) is 12.8. The minimum Gasteiger partial charge on any atom is -0.481 e. The lowest BCUT2D eigenvalue weighted by molar-refractivity contribution is -0.138. The third-order valence-electron chi connectivity index (χ3n) is 7.23. The second kappa shape index (κ2) is 9.80. The normalized spacial score (nSPS) is 22.4. The molecule has 0 bridgehead atoms. The topological polar surface area (TPSA) is 78.9 Å². The van der Waals surface area contributed by atoms with Crippen LogP contribution in [0, 0.1) is 11.8 Å². The fraction of sp³-hybridized carbons (Fsp3) is 0.345. The standard InChI is InChI=1S/C29H31N3O2/c1-19-2-6-24(7-3-19)27-18-31-29(32-27)25-14-15-26(30-17-25)23-12-10-22(11-13-23)21-8-4-20(5-9-21)16-28(33)34/h2,6-7,10-15,17-21H,3-5,8-9,16H2,1H3,(H,31,32)(H,33,34). The number of nitrogens with zero attached hydrogens (tertiary/aromatic N) is 2. The predicted octanol–water partition coefficient (Wildman–Crippen LogP) is 6.87. The molecule has 0 spiro atoms. The van der Waals surface area contributed by atoms with Gasteiger partial charge in [0, 0.05) is 23.7 Å². The summed E-state index contributed by atoms with van der Waals surface area (Å²) in [6.07, 6.45) is 15.9. The lowest BCUT2D eigenvalue weighted by Crippen LogP contribution is -2.16. The Morgan fingerprint density at radius 1 is 1.00 bits per heavy atom. The maximum Gasteiger partial charge on any atom is 0.303 e. The summed E-state index contributed by atoms with van der Waals surface area (Å²) in [5.74, 6) is 1.61. The Morgan fingerprint density at radius 2 is 1.76 bits per heavy atom. The Kier molecular flexibility index (Phi) is 6.43. The van der Waals surface area contributed by atoms with Crippen LogP contribution in [0.25, 0.3) is 28.2 Å². The Balaban J connectivity index is 1.23. The maximum atomic E-state index is 11.0. The minimum absolute atomic E-state index is 0.306. The molecule has 5 rings (SSSR count). The van der Waals surface area contributed by atoms with Gasteiger partial charge in [-0.15, -0.1) is 0 Å². The molecule has 2 heterocycles. The number of hydrogen-bond donors (Lipinski definition) is 2. The van der Waals surface area contributed by atoms with Crippen molar-refractivity contribution in [3.63, 3.8) is 0 Å². The van der Waals surface area contributed by atoms with Crippen molar-refractivity contribution < 1.29 is 9.90 Å². The van der Waals surface area contributed by atoms with E-state index in [1.807, 2.05) is 18.5 Å². The molecule has 1 fully saturated rings. The molecule has 0 amide bonds. The van der Waals surface area contributed by atoms with Gasteiger partial charge in [-0.2, -0.15) is 0 Å². The molecule has 0 aliphatic heterocycles. The third kappa shape index (κ3) is 5.04. The SMILES string of the molecule is CC1C=CC(c2cnc(-c3ccc(-c4ccc(C5CCC(CC(=O)O)CC5)cc4)nc3)[nH]2)=CC1. The number of carboxylic acids is 1. The van der Waals surface area contributed by atoms with Gasteiger partial charge in [-0.25, -0.2) is 4.98 Å². The molecule has 0 saturated heterocycles. The van der Waals surface area contributed by atoms with Gasteiger partial charge in [0.25, 0.3) is 0 Å². The summed E-state index contributed by atoms with van der Waals surface area (Å²) in [5.41, 5.74) is 6.59. The first kappa shape index (κ1) is 22.3. The van der Waals surface area contributed by atoms with Crippen LogP contribution in [0.15, 0.2) is 67.0 Å². The van der Waals surface area contributed by atoms with Gasteiger partial charge >= 0.3 is 5.97 Å². The van der Waals surface area contributed by atoms with E-state index in [0.717, 1.165) is 60.4 Å².